The van der Waals surface area contributed by atoms with Crippen molar-refractivity contribution in [2.24, 2.45) is 7.05 Å². The van der Waals surface area contributed by atoms with Crippen LogP contribution in [0.5, 0.6) is 0 Å². The van der Waals surface area contributed by atoms with Gasteiger partial charge in [-0.2, -0.15) is 5.10 Å². The Balaban J connectivity index is 1.67. The third-order valence-corrected chi connectivity index (χ3v) is 6.81. The van der Waals surface area contributed by atoms with Gasteiger partial charge in [-0.05, 0) is 38.3 Å². The third-order valence-electron chi connectivity index (χ3n) is 6.81. The SMILES string of the molecule is COC1CN(c2cc(-c3cn(C)c4cnc(NC(C)=O)cc34)nn(C3(C)CCC3)c2=O)C1. The number of carbonyl (C=O) groups is 1. The van der Waals surface area contributed by atoms with Crippen molar-refractivity contribution in [2.45, 2.75) is 44.8 Å². The lowest BCUT2D eigenvalue weighted by Crippen LogP contribution is -2.55. The Morgan fingerprint density at radius 2 is 2.03 bits per heavy atom. The van der Waals surface area contributed by atoms with Crippen molar-refractivity contribution in [2.75, 3.05) is 30.4 Å². The molecule has 0 unspecified atom stereocenters. The molecule has 1 amide bonds. The largest absolute Gasteiger partial charge is 0.378 e. The molecule has 1 saturated heterocycles. The summed E-state index contributed by atoms with van der Waals surface area (Å²) in [5.41, 5.74) is 2.91. The number of ether oxygens (including phenoxy) is 1. The number of rotatable bonds is 5. The summed E-state index contributed by atoms with van der Waals surface area (Å²) in [5.74, 6) is 0.314. The van der Waals surface area contributed by atoms with E-state index in [1.165, 1.54) is 6.92 Å². The highest BCUT2D eigenvalue weighted by Crippen LogP contribution is 2.39. The van der Waals surface area contributed by atoms with Crippen molar-refractivity contribution in [3.8, 4) is 11.3 Å². The minimum atomic E-state index is -0.263. The van der Waals surface area contributed by atoms with Crippen molar-refractivity contribution in [3.05, 3.63) is 34.9 Å². The van der Waals surface area contributed by atoms with Gasteiger partial charge in [0.05, 0.1) is 29.1 Å². The zero-order valence-electron chi connectivity index (χ0n) is 18.9. The van der Waals surface area contributed by atoms with Crippen molar-refractivity contribution in [1.29, 1.82) is 0 Å². The molecular weight excluding hydrogens is 408 g/mol. The van der Waals surface area contributed by atoms with Gasteiger partial charge in [0.25, 0.3) is 5.56 Å². The van der Waals surface area contributed by atoms with Gasteiger partial charge in [0, 0.05) is 51.3 Å². The van der Waals surface area contributed by atoms with Gasteiger partial charge in [-0.25, -0.2) is 9.67 Å². The molecule has 1 saturated carbocycles. The Morgan fingerprint density at radius 1 is 1.28 bits per heavy atom. The number of nitrogens with one attached hydrogen (secondary N) is 1. The van der Waals surface area contributed by atoms with E-state index in [4.69, 9.17) is 9.84 Å². The summed E-state index contributed by atoms with van der Waals surface area (Å²) in [7, 11) is 3.65. The number of carbonyl (C=O) groups excluding carboxylic acids is 1. The molecule has 0 spiro atoms. The first-order valence-corrected chi connectivity index (χ1v) is 10.9. The number of methoxy groups -OCH3 is 1. The van der Waals surface area contributed by atoms with Gasteiger partial charge in [-0.3, -0.25) is 9.59 Å². The Kier molecular flexibility index (Phi) is 4.81. The molecule has 1 aliphatic heterocycles. The van der Waals surface area contributed by atoms with Crippen LogP contribution in [0.15, 0.2) is 29.3 Å². The van der Waals surface area contributed by atoms with Gasteiger partial charge in [-0.1, -0.05) is 0 Å². The van der Waals surface area contributed by atoms with Gasteiger partial charge >= 0.3 is 0 Å². The number of aryl methyl sites for hydroxylation is 1. The molecule has 168 valence electrons. The summed E-state index contributed by atoms with van der Waals surface area (Å²) >= 11 is 0. The predicted octanol–water partition coefficient (Wildman–Crippen LogP) is 2.49. The smallest absolute Gasteiger partial charge is 0.290 e. The molecule has 4 heterocycles. The molecule has 0 aromatic carbocycles. The van der Waals surface area contributed by atoms with E-state index < -0.39 is 0 Å². The molecule has 1 N–H and O–H groups in total. The van der Waals surface area contributed by atoms with E-state index in [0.717, 1.165) is 41.4 Å². The minimum absolute atomic E-state index is 0.0497. The first kappa shape index (κ1) is 20.7. The van der Waals surface area contributed by atoms with Crippen LogP contribution in [0, 0.1) is 0 Å². The molecule has 0 radical (unpaired) electrons. The van der Waals surface area contributed by atoms with E-state index in [1.54, 1.807) is 18.0 Å². The summed E-state index contributed by atoms with van der Waals surface area (Å²) in [4.78, 5) is 31.4. The molecule has 3 aromatic heterocycles. The van der Waals surface area contributed by atoms with Crippen molar-refractivity contribution >= 4 is 28.3 Å². The van der Waals surface area contributed by atoms with Gasteiger partial charge in [0.2, 0.25) is 5.91 Å². The molecule has 0 atom stereocenters. The average molecular weight is 437 g/mol. The number of hydrogen-bond acceptors (Lipinski definition) is 6. The van der Waals surface area contributed by atoms with E-state index >= 15 is 0 Å². The highest BCUT2D eigenvalue weighted by Gasteiger charge is 2.38. The third kappa shape index (κ3) is 3.28. The van der Waals surface area contributed by atoms with Crippen molar-refractivity contribution in [3.63, 3.8) is 0 Å². The highest BCUT2D eigenvalue weighted by atomic mass is 16.5. The predicted molar refractivity (Wildman–Crippen MR) is 123 cm³/mol. The lowest BCUT2D eigenvalue weighted by atomic mass is 9.78. The van der Waals surface area contributed by atoms with Gasteiger partial charge < -0.3 is 19.5 Å². The molecule has 2 fully saturated rings. The fourth-order valence-corrected chi connectivity index (χ4v) is 4.62. The fraction of sp³-hybridized carbons (Fsp3) is 0.478. The average Bonchev–Trinajstić information content (AvgIpc) is 3.02. The first-order chi connectivity index (χ1) is 15.3. The topological polar surface area (TPSA) is 94.3 Å². The van der Waals surface area contributed by atoms with Crippen LogP contribution in [0.1, 0.15) is 33.1 Å². The van der Waals surface area contributed by atoms with E-state index in [1.807, 2.05) is 29.9 Å². The van der Waals surface area contributed by atoms with Crippen molar-refractivity contribution < 1.29 is 9.53 Å². The minimum Gasteiger partial charge on any atom is -0.378 e. The van der Waals surface area contributed by atoms with Crippen LogP contribution in [0.4, 0.5) is 11.5 Å². The second-order valence-electron chi connectivity index (χ2n) is 9.17. The van der Waals surface area contributed by atoms with Gasteiger partial charge in [0.1, 0.15) is 11.5 Å². The van der Waals surface area contributed by atoms with Crippen molar-refractivity contribution in [1.82, 2.24) is 19.3 Å². The first-order valence-electron chi connectivity index (χ1n) is 10.9. The number of pyridine rings is 1. The number of anilines is 2. The quantitative estimate of drug-likeness (QED) is 0.660. The molecule has 32 heavy (non-hydrogen) atoms. The van der Waals surface area contributed by atoms with E-state index in [2.05, 4.69) is 22.1 Å². The number of aromatic nitrogens is 4. The molecular formula is C23H28N6O3. The lowest BCUT2D eigenvalue weighted by Gasteiger charge is -2.42. The Bertz CT molecular complexity index is 1270. The summed E-state index contributed by atoms with van der Waals surface area (Å²) in [6, 6.07) is 3.75. The lowest BCUT2D eigenvalue weighted by molar-refractivity contribution is -0.114. The second-order valence-corrected chi connectivity index (χ2v) is 9.17. The number of nitrogens with zero attached hydrogens (tertiary/aromatic N) is 5. The highest BCUT2D eigenvalue weighted by molar-refractivity contribution is 5.98. The number of fused-ring (bicyclic) bond motifs is 1. The fourth-order valence-electron chi connectivity index (χ4n) is 4.62. The summed E-state index contributed by atoms with van der Waals surface area (Å²) in [6.07, 6.45) is 6.86. The molecule has 9 heteroatoms. The van der Waals surface area contributed by atoms with Crippen LogP contribution in [-0.4, -0.2) is 51.5 Å². The molecule has 0 bridgehead atoms. The van der Waals surface area contributed by atoms with Gasteiger partial charge in [-0.15, -0.1) is 0 Å². The molecule has 9 nitrogen and oxygen atoms in total. The normalized spacial score (nSPS) is 17.8. The van der Waals surface area contributed by atoms with Crippen LogP contribution in [0.25, 0.3) is 22.2 Å². The Hall–Kier alpha value is -3.20. The van der Waals surface area contributed by atoms with Crippen LogP contribution < -0.4 is 15.8 Å². The molecule has 3 aromatic rings. The standard InChI is InChI=1S/C23H28N6O3/c1-14(30)25-21-8-16-17(13-27(3)20(16)10-24-21)18-9-19(28-11-15(12-28)32-4)22(31)29(26-18)23(2)6-5-7-23/h8-10,13,15H,5-7,11-12H2,1-4H3,(H,24,25,30). The van der Waals surface area contributed by atoms with Crippen LogP contribution in [0.3, 0.4) is 0 Å². The maximum atomic E-state index is 13.4. The van der Waals surface area contributed by atoms with Crippen LogP contribution >= 0.6 is 0 Å². The van der Waals surface area contributed by atoms with E-state index in [-0.39, 0.29) is 23.1 Å². The Morgan fingerprint density at radius 3 is 2.66 bits per heavy atom. The molecule has 2 aliphatic rings. The zero-order chi connectivity index (χ0) is 22.6. The summed E-state index contributed by atoms with van der Waals surface area (Å²) in [5, 5.41) is 8.53. The Labute approximate surface area is 186 Å². The van der Waals surface area contributed by atoms with Crippen LogP contribution in [-0.2, 0) is 22.1 Å². The summed E-state index contributed by atoms with van der Waals surface area (Å²) in [6.45, 7) is 4.95. The second kappa shape index (κ2) is 7.44. The molecule has 5 rings (SSSR count). The van der Waals surface area contributed by atoms with Gasteiger partial charge in [0.15, 0.2) is 0 Å². The monoisotopic (exact) mass is 436 g/mol. The summed E-state index contributed by atoms with van der Waals surface area (Å²) < 4.78 is 9.10. The van der Waals surface area contributed by atoms with Crippen LogP contribution in [0.2, 0.25) is 0 Å². The maximum absolute atomic E-state index is 13.4. The molecule has 1 aliphatic carbocycles. The van der Waals surface area contributed by atoms with E-state index in [0.29, 0.717) is 24.6 Å². The van der Waals surface area contributed by atoms with E-state index in [9.17, 15) is 9.59 Å². The maximum Gasteiger partial charge on any atom is 0.290 e. The number of amides is 1. The zero-order valence-corrected chi connectivity index (χ0v) is 18.9. The number of hydrogen-bond donors (Lipinski definition) is 1.